The second-order valence-electron chi connectivity index (χ2n) is 6.73. The molecule has 3 rings (SSSR count). The van der Waals surface area contributed by atoms with E-state index in [0.29, 0.717) is 22.6 Å². The largest absolute Gasteiger partial charge is 0.484 e. The molecule has 1 amide bonds. The van der Waals surface area contributed by atoms with Gasteiger partial charge < -0.3 is 9.47 Å². The molecule has 0 spiro atoms. The standard InChI is InChI=1S/C24H22N2O4/c1-17-11-18(2)13-22(12-17)29-16-23(27)26-25-15-19-7-6-10-21(14-19)30-24(28)20-8-4-3-5-9-20/h3-15H,16H2,1-2H3,(H,26,27). The van der Waals surface area contributed by atoms with Crippen LogP contribution >= 0.6 is 0 Å². The van der Waals surface area contributed by atoms with E-state index in [2.05, 4.69) is 10.5 Å². The molecular weight excluding hydrogens is 380 g/mol. The van der Waals surface area contributed by atoms with E-state index >= 15 is 0 Å². The van der Waals surface area contributed by atoms with Crippen molar-refractivity contribution in [2.75, 3.05) is 6.61 Å². The first-order valence-corrected chi connectivity index (χ1v) is 9.40. The molecule has 0 aliphatic carbocycles. The zero-order chi connectivity index (χ0) is 21.3. The highest BCUT2D eigenvalue weighted by Crippen LogP contribution is 2.16. The van der Waals surface area contributed by atoms with E-state index in [1.807, 2.05) is 38.1 Å². The van der Waals surface area contributed by atoms with E-state index < -0.39 is 5.97 Å². The number of hydrogen-bond donors (Lipinski definition) is 1. The van der Waals surface area contributed by atoms with Crippen LogP contribution in [0.25, 0.3) is 0 Å². The van der Waals surface area contributed by atoms with Gasteiger partial charge in [0.25, 0.3) is 5.91 Å². The van der Waals surface area contributed by atoms with Gasteiger partial charge in [-0.1, -0.05) is 36.4 Å². The van der Waals surface area contributed by atoms with Crippen LogP contribution in [0.3, 0.4) is 0 Å². The molecular formula is C24H22N2O4. The maximum absolute atomic E-state index is 12.1. The number of esters is 1. The molecule has 0 atom stereocenters. The normalized spacial score (nSPS) is 10.6. The van der Waals surface area contributed by atoms with Gasteiger partial charge in [-0.3, -0.25) is 4.79 Å². The summed E-state index contributed by atoms with van der Waals surface area (Å²) in [6, 6.07) is 21.3. The van der Waals surface area contributed by atoms with Crippen LogP contribution in [0, 0.1) is 13.8 Å². The minimum atomic E-state index is -0.443. The van der Waals surface area contributed by atoms with Crippen LogP contribution in [0.5, 0.6) is 11.5 Å². The number of nitrogens with one attached hydrogen (secondary N) is 1. The van der Waals surface area contributed by atoms with Gasteiger partial charge in [0.15, 0.2) is 6.61 Å². The lowest BCUT2D eigenvalue weighted by atomic mass is 10.1. The summed E-state index contributed by atoms with van der Waals surface area (Å²) >= 11 is 0. The summed E-state index contributed by atoms with van der Waals surface area (Å²) in [5.41, 5.74) is 5.68. The van der Waals surface area contributed by atoms with Crippen LogP contribution in [0.1, 0.15) is 27.0 Å². The second-order valence-corrected chi connectivity index (χ2v) is 6.73. The van der Waals surface area contributed by atoms with Crippen LogP contribution in [-0.2, 0) is 4.79 Å². The van der Waals surface area contributed by atoms with Crippen molar-refractivity contribution >= 4 is 18.1 Å². The van der Waals surface area contributed by atoms with E-state index in [0.717, 1.165) is 11.1 Å². The summed E-state index contributed by atoms with van der Waals surface area (Å²) < 4.78 is 10.9. The minimum absolute atomic E-state index is 0.144. The van der Waals surface area contributed by atoms with Crippen molar-refractivity contribution in [1.29, 1.82) is 0 Å². The highest BCUT2D eigenvalue weighted by Gasteiger charge is 2.08. The van der Waals surface area contributed by atoms with Gasteiger partial charge in [0.1, 0.15) is 11.5 Å². The molecule has 0 bridgehead atoms. The zero-order valence-electron chi connectivity index (χ0n) is 16.8. The third kappa shape index (κ3) is 6.31. The third-order valence-corrected chi connectivity index (χ3v) is 4.05. The lowest BCUT2D eigenvalue weighted by molar-refractivity contribution is -0.123. The molecule has 0 saturated carbocycles. The Morgan fingerprint density at radius 1 is 0.900 bits per heavy atom. The van der Waals surface area contributed by atoms with Crippen molar-refractivity contribution in [3.63, 3.8) is 0 Å². The molecule has 3 aromatic carbocycles. The Bertz CT molecular complexity index is 1040. The number of carbonyl (C=O) groups excluding carboxylic acids is 2. The first kappa shape index (κ1) is 20.8. The SMILES string of the molecule is Cc1cc(C)cc(OCC(=O)NN=Cc2cccc(OC(=O)c3ccccc3)c2)c1. The van der Waals surface area contributed by atoms with Crippen molar-refractivity contribution in [1.82, 2.24) is 5.43 Å². The van der Waals surface area contributed by atoms with E-state index in [1.54, 1.807) is 48.5 Å². The number of ether oxygens (including phenoxy) is 2. The summed E-state index contributed by atoms with van der Waals surface area (Å²) in [5.74, 6) is 0.204. The lowest BCUT2D eigenvalue weighted by Crippen LogP contribution is -2.24. The van der Waals surface area contributed by atoms with Crippen molar-refractivity contribution in [3.05, 3.63) is 95.1 Å². The summed E-state index contributed by atoms with van der Waals surface area (Å²) in [7, 11) is 0. The fourth-order valence-corrected chi connectivity index (χ4v) is 2.77. The fourth-order valence-electron chi connectivity index (χ4n) is 2.77. The topological polar surface area (TPSA) is 77.0 Å². The van der Waals surface area contributed by atoms with Gasteiger partial charge in [0, 0.05) is 0 Å². The third-order valence-electron chi connectivity index (χ3n) is 4.05. The molecule has 0 unspecified atom stereocenters. The summed E-state index contributed by atoms with van der Waals surface area (Å²) in [6.07, 6.45) is 1.47. The average molecular weight is 402 g/mol. The predicted octanol–water partition coefficient (Wildman–Crippen LogP) is 4.05. The number of carbonyl (C=O) groups is 2. The lowest BCUT2D eigenvalue weighted by Gasteiger charge is -2.07. The monoisotopic (exact) mass is 402 g/mol. The molecule has 0 aromatic heterocycles. The number of hydrazone groups is 1. The van der Waals surface area contributed by atoms with Gasteiger partial charge in [0.05, 0.1) is 11.8 Å². The van der Waals surface area contributed by atoms with E-state index in [4.69, 9.17) is 9.47 Å². The van der Waals surface area contributed by atoms with Crippen molar-refractivity contribution in [2.24, 2.45) is 5.10 Å². The molecule has 6 nitrogen and oxygen atoms in total. The Kier molecular flexibility index (Phi) is 6.95. The van der Waals surface area contributed by atoms with E-state index in [1.165, 1.54) is 6.21 Å². The molecule has 0 aliphatic heterocycles. The number of hydrogen-bond acceptors (Lipinski definition) is 5. The van der Waals surface area contributed by atoms with Crippen LogP contribution < -0.4 is 14.9 Å². The molecule has 0 saturated heterocycles. The van der Waals surface area contributed by atoms with Gasteiger partial charge in [-0.2, -0.15) is 5.10 Å². The van der Waals surface area contributed by atoms with Crippen molar-refractivity contribution in [2.45, 2.75) is 13.8 Å². The van der Waals surface area contributed by atoms with Gasteiger partial charge in [-0.25, -0.2) is 10.2 Å². The Balaban J connectivity index is 1.51. The average Bonchev–Trinajstić information content (AvgIpc) is 2.72. The molecule has 6 heteroatoms. The minimum Gasteiger partial charge on any atom is -0.484 e. The molecule has 0 aliphatic rings. The summed E-state index contributed by atoms with van der Waals surface area (Å²) in [4.78, 5) is 24.1. The molecule has 3 aromatic rings. The predicted molar refractivity (Wildman–Crippen MR) is 115 cm³/mol. The highest BCUT2D eigenvalue weighted by atomic mass is 16.5. The van der Waals surface area contributed by atoms with Gasteiger partial charge >= 0.3 is 5.97 Å². The van der Waals surface area contributed by atoms with Gasteiger partial charge in [0.2, 0.25) is 0 Å². The maximum Gasteiger partial charge on any atom is 0.343 e. The zero-order valence-corrected chi connectivity index (χ0v) is 16.8. The maximum atomic E-state index is 12.1. The second kappa shape index (κ2) is 10.0. The van der Waals surface area contributed by atoms with Crippen molar-refractivity contribution in [3.8, 4) is 11.5 Å². The van der Waals surface area contributed by atoms with Crippen LogP contribution in [-0.4, -0.2) is 24.7 Å². The van der Waals surface area contributed by atoms with E-state index in [-0.39, 0.29) is 12.5 Å². The first-order valence-electron chi connectivity index (χ1n) is 9.40. The van der Waals surface area contributed by atoms with Gasteiger partial charge in [-0.05, 0) is 66.9 Å². The Morgan fingerprint density at radius 3 is 2.37 bits per heavy atom. The number of amides is 1. The quantitative estimate of drug-likeness (QED) is 0.280. The van der Waals surface area contributed by atoms with Crippen LogP contribution in [0.4, 0.5) is 0 Å². The summed E-state index contributed by atoms with van der Waals surface area (Å²) in [6.45, 7) is 3.79. The molecule has 152 valence electrons. The molecule has 1 N–H and O–H groups in total. The summed E-state index contributed by atoms with van der Waals surface area (Å²) in [5, 5.41) is 3.92. The van der Waals surface area contributed by atoms with E-state index in [9.17, 15) is 9.59 Å². The molecule has 30 heavy (non-hydrogen) atoms. The number of benzene rings is 3. The highest BCUT2D eigenvalue weighted by molar-refractivity contribution is 5.91. The number of rotatable bonds is 7. The van der Waals surface area contributed by atoms with Crippen molar-refractivity contribution < 1.29 is 19.1 Å². The molecule has 0 fully saturated rings. The Labute approximate surface area is 175 Å². The van der Waals surface area contributed by atoms with Gasteiger partial charge in [-0.15, -0.1) is 0 Å². The Morgan fingerprint density at radius 2 is 1.63 bits per heavy atom. The first-order chi connectivity index (χ1) is 14.5. The number of aryl methyl sites for hydroxylation is 2. The smallest absolute Gasteiger partial charge is 0.343 e. The molecule has 0 heterocycles. The fraction of sp³-hybridized carbons (Fsp3) is 0.125. The number of nitrogens with zero attached hydrogens (tertiary/aromatic N) is 1. The van der Waals surface area contributed by atoms with Crippen LogP contribution in [0.15, 0.2) is 77.9 Å². The molecule has 0 radical (unpaired) electrons. The Hall–Kier alpha value is -3.93. The van der Waals surface area contributed by atoms with Crippen LogP contribution in [0.2, 0.25) is 0 Å².